The summed E-state index contributed by atoms with van der Waals surface area (Å²) in [5.74, 6) is 7.88. The SMILES string of the molecule is CC(C)=CCN1CCCCN(CCC23OC4(CCN5CCCCN(CC=C(C)C)CC5)C5C6CC(C7C6C4C72)C53)CC1. The molecule has 9 fully saturated rings. The second-order valence-electron chi connectivity index (χ2n) is 16.6. The van der Waals surface area contributed by atoms with Crippen molar-refractivity contribution in [2.75, 3.05) is 78.5 Å². The van der Waals surface area contributed by atoms with Crippen LogP contribution >= 0.6 is 0 Å². The Balaban J connectivity index is 0.922. The van der Waals surface area contributed by atoms with Gasteiger partial charge in [-0.1, -0.05) is 23.3 Å². The molecule has 0 aromatic carbocycles. The van der Waals surface area contributed by atoms with Crippen molar-refractivity contribution in [2.24, 2.45) is 47.3 Å². The summed E-state index contributed by atoms with van der Waals surface area (Å²) in [6.45, 7) is 23.9. The summed E-state index contributed by atoms with van der Waals surface area (Å²) in [6.07, 6.45) is 14.5. The molecule has 0 N–H and O–H groups in total. The molecule has 0 spiro atoms. The molecule has 0 radical (unpaired) electrons. The Bertz CT molecular complexity index is 994. The van der Waals surface area contributed by atoms with Gasteiger partial charge in [-0.15, -0.1) is 0 Å². The molecule has 9 rings (SSSR count). The van der Waals surface area contributed by atoms with Gasteiger partial charge in [0.15, 0.2) is 0 Å². The highest BCUT2D eigenvalue weighted by molar-refractivity contribution is 5.43. The van der Waals surface area contributed by atoms with Crippen LogP contribution in [-0.4, -0.2) is 109 Å². The van der Waals surface area contributed by atoms with Crippen LogP contribution in [0.3, 0.4) is 0 Å². The van der Waals surface area contributed by atoms with E-state index in [0.29, 0.717) is 0 Å². The van der Waals surface area contributed by atoms with Crippen molar-refractivity contribution in [3.8, 4) is 0 Å². The van der Waals surface area contributed by atoms with E-state index in [2.05, 4.69) is 59.4 Å². The van der Waals surface area contributed by atoms with Gasteiger partial charge in [0.05, 0.1) is 11.2 Å². The van der Waals surface area contributed by atoms with Crippen LogP contribution in [-0.2, 0) is 4.74 Å². The summed E-state index contributed by atoms with van der Waals surface area (Å²) in [5.41, 5.74) is 3.42. The van der Waals surface area contributed by atoms with Crippen LogP contribution in [0, 0.1) is 47.3 Å². The number of hydrogen-bond acceptors (Lipinski definition) is 5. The maximum absolute atomic E-state index is 7.72. The lowest BCUT2D eigenvalue weighted by Crippen LogP contribution is -2.53. The van der Waals surface area contributed by atoms with Crippen molar-refractivity contribution < 1.29 is 4.74 Å². The quantitative estimate of drug-likeness (QED) is 0.325. The van der Waals surface area contributed by atoms with Gasteiger partial charge in [-0.3, -0.25) is 9.80 Å². The molecule has 5 aliphatic carbocycles. The highest BCUT2D eigenvalue weighted by Gasteiger charge is 2.96. The smallest absolute Gasteiger partial charge is 0.0771 e. The highest BCUT2D eigenvalue weighted by atomic mass is 16.5. The minimum Gasteiger partial charge on any atom is -0.367 e. The van der Waals surface area contributed by atoms with Gasteiger partial charge in [0.25, 0.3) is 0 Å². The Morgan fingerprint density at radius 1 is 0.571 bits per heavy atom. The third kappa shape index (κ3) is 4.33. The molecular formula is C37H60N4O. The summed E-state index contributed by atoms with van der Waals surface area (Å²) in [4.78, 5) is 11.1. The van der Waals surface area contributed by atoms with Gasteiger partial charge in [0, 0.05) is 52.4 Å². The zero-order chi connectivity index (χ0) is 28.6. The average Bonchev–Trinajstić information content (AvgIpc) is 3.60. The zero-order valence-electron chi connectivity index (χ0n) is 27.4. The van der Waals surface area contributed by atoms with Crippen molar-refractivity contribution in [1.82, 2.24) is 19.6 Å². The summed E-state index contributed by atoms with van der Waals surface area (Å²) >= 11 is 0. The Morgan fingerprint density at radius 3 is 1.40 bits per heavy atom. The largest absolute Gasteiger partial charge is 0.367 e. The fourth-order valence-corrected chi connectivity index (χ4v) is 12.7. The topological polar surface area (TPSA) is 22.2 Å². The van der Waals surface area contributed by atoms with E-state index in [-0.39, 0.29) is 11.2 Å². The Hall–Kier alpha value is -0.720. The third-order valence-corrected chi connectivity index (χ3v) is 14.2. The van der Waals surface area contributed by atoms with E-state index in [0.717, 1.165) is 60.4 Å². The number of rotatable bonds is 10. The van der Waals surface area contributed by atoms with Crippen LogP contribution in [0.15, 0.2) is 23.3 Å². The molecule has 9 aliphatic rings. The van der Waals surface area contributed by atoms with Crippen molar-refractivity contribution in [2.45, 2.75) is 83.8 Å². The van der Waals surface area contributed by atoms with Gasteiger partial charge < -0.3 is 14.5 Å². The monoisotopic (exact) mass is 576 g/mol. The fraction of sp³-hybridized carbons (Fsp3) is 0.892. The molecule has 4 aliphatic heterocycles. The van der Waals surface area contributed by atoms with E-state index in [1.165, 1.54) is 115 Å². The van der Waals surface area contributed by atoms with E-state index in [9.17, 15) is 0 Å². The molecule has 4 heterocycles. The predicted molar refractivity (Wildman–Crippen MR) is 171 cm³/mol. The summed E-state index contributed by atoms with van der Waals surface area (Å²) in [7, 11) is 0. The van der Waals surface area contributed by atoms with E-state index in [1.54, 1.807) is 6.42 Å². The standard InChI is InChI=1S/C37H60N4O/c1-26(2)9-17-38-13-5-7-15-40(23-21-38)19-11-36-32-28-25-29-31-30(28)34(36)35(31)37(42-36,33(29)32)12-20-41-16-8-6-14-39(22-24-41)18-10-27(3)4/h9-10,28-35H,5-8,11-25H2,1-4H3. The molecule has 5 saturated carbocycles. The first-order chi connectivity index (χ1) is 20.4. The van der Waals surface area contributed by atoms with Gasteiger partial charge >= 0.3 is 0 Å². The van der Waals surface area contributed by atoms with Gasteiger partial charge in [0.2, 0.25) is 0 Å². The first-order valence-electron chi connectivity index (χ1n) is 18.3. The van der Waals surface area contributed by atoms with Crippen LogP contribution in [0.1, 0.15) is 72.6 Å². The average molecular weight is 577 g/mol. The predicted octanol–water partition coefficient (Wildman–Crippen LogP) is 5.39. The second kappa shape index (κ2) is 11.0. The summed E-state index contributed by atoms with van der Waals surface area (Å²) < 4.78 is 7.72. The van der Waals surface area contributed by atoms with Gasteiger partial charge in [-0.2, -0.15) is 0 Å². The fourth-order valence-electron chi connectivity index (χ4n) is 12.7. The van der Waals surface area contributed by atoms with E-state index in [4.69, 9.17) is 4.74 Å². The van der Waals surface area contributed by atoms with Crippen LogP contribution in [0.5, 0.6) is 0 Å². The zero-order valence-corrected chi connectivity index (χ0v) is 27.4. The molecule has 42 heavy (non-hydrogen) atoms. The number of ether oxygens (including phenoxy) is 1. The molecule has 234 valence electrons. The van der Waals surface area contributed by atoms with E-state index >= 15 is 0 Å². The van der Waals surface area contributed by atoms with Gasteiger partial charge in [-0.25, -0.2) is 0 Å². The van der Waals surface area contributed by atoms with Crippen molar-refractivity contribution in [3.63, 3.8) is 0 Å². The lowest BCUT2D eigenvalue weighted by Gasteiger charge is -2.48. The van der Waals surface area contributed by atoms with Crippen molar-refractivity contribution in [1.29, 1.82) is 0 Å². The van der Waals surface area contributed by atoms with Crippen molar-refractivity contribution in [3.05, 3.63) is 23.3 Å². The van der Waals surface area contributed by atoms with Crippen LogP contribution in [0.4, 0.5) is 0 Å². The first-order valence-corrected chi connectivity index (χ1v) is 18.3. The number of hydrogen-bond donors (Lipinski definition) is 0. The van der Waals surface area contributed by atoms with Crippen LogP contribution in [0.2, 0.25) is 0 Å². The highest BCUT2D eigenvalue weighted by Crippen LogP contribution is 2.93. The third-order valence-electron chi connectivity index (χ3n) is 14.2. The molecular weight excluding hydrogens is 516 g/mol. The molecule has 0 amide bonds. The molecule has 0 aromatic heterocycles. The molecule has 10 unspecified atom stereocenters. The van der Waals surface area contributed by atoms with Gasteiger partial charge in [0.1, 0.15) is 0 Å². The maximum atomic E-state index is 7.72. The second-order valence-corrected chi connectivity index (χ2v) is 16.6. The minimum absolute atomic E-state index is 0.258. The molecule has 5 nitrogen and oxygen atoms in total. The molecule has 0 aromatic rings. The molecule has 4 saturated heterocycles. The lowest BCUT2D eigenvalue weighted by molar-refractivity contribution is -0.0856. The normalized spacial score (nSPS) is 46.1. The van der Waals surface area contributed by atoms with E-state index < -0.39 is 0 Å². The first kappa shape index (κ1) is 28.7. The van der Waals surface area contributed by atoms with Crippen LogP contribution in [0.25, 0.3) is 0 Å². The van der Waals surface area contributed by atoms with Crippen molar-refractivity contribution >= 4 is 0 Å². The maximum Gasteiger partial charge on any atom is 0.0771 e. The van der Waals surface area contributed by atoms with E-state index in [1.807, 2.05) is 0 Å². The van der Waals surface area contributed by atoms with Gasteiger partial charge in [-0.05, 0) is 146 Å². The Labute approximate surface area is 257 Å². The summed E-state index contributed by atoms with van der Waals surface area (Å²) in [5, 5.41) is 0. The Morgan fingerprint density at radius 2 is 0.976 bits per heavy atom. The minimum atomic E-state index is 0.258. The van der Waals surface area contributed by atoms with Crippen LogP contribution < -0.4 is 0 Å². The summed E-state index contributed by atoms with van der Waals surface area (Å²) in [6, 6.07) is 0. The number of nitrogens with zero attached hydrogens (tertiary/aromatic N) is 4. The number of allylic oxidation sites excluding steroid dienone is 2. The Kier molecular flexibility index (Phi) is 7.50. The molecule has 10 atom stereocenters. The molecule has 5 heteroatoms. The lowest BCUT2D eigenvalue weighted by atomic mass is 9.54. The molecule has 4 bridgehead atoms.